The summed E-state index contributed by atoms with van der Waals surface area (Å²) in [4.78, 5) is 25.1. The van der Waals surface area contributed by atoms with Crippen LogP contribution in [-0.4, -0.2) is 11.8 Å². The van der Waals surface area contributed by atoms with Crippen molar-refractivity contribution in [2.45, 2.75) is 5.92 Å². The molecular weight excluding hydrogens is 371 g/mol. The van der Waals surface area contributed by atoms with E-state index < -0.39 is 17.7 Å². The fourth-order valence-corrected chi connectivity index (χ4v) is 3.66. The van der Waals surface area contributed by atoms with E-state index in [0.29, 0.717) is 15.6 Å². The predicted octanol–water partition coefficient (Wildman–Crippen LogP) is 5.40. The van der Waals surface area contributed by atoms with Gasteiger partial charge in [0.05, 0.1) is 0 Å². The molecule has 1 aliphatic rings. The number of allylic oxidation sites excluding steroid dienone is 1. The molecule has 0 aromatic heterocycles. The Hall–Kier alpha value is -2.62. The molecule has 0 radical (unpaired) electrons. The molecule has 1 heterocycles. The molecule has 1 aliphatic heterocycles. The highest BCUT2D eigenvalue weighted by Crippen LogP contribution is 2.34. The Morgan fingerprint density at radius 2 is 1.58 bits per heavy atom. The average molecular weight is 383 g/mol. The number of fused-ring (bicyclic) bond motifs is 1. The summed E-state index contributed by atoms with van der Waals surface area (Å²) in [6, 6.07) is 18.2. The van der Waals surface area contributed by atoms with E-state index in [1.165, 1.54) is 0 Å². The van der Waals surface area contributed by atoms with E-state index in [9.17, 15) is 9.59 Å². The molecule has 3 aromatic rings. The summed E-state index contributed by atoms with van der Waals surface area (Å²) < 4.78 is 5.26. The van der Waals surface area contributed by atoms with Gasteiger partial charge in [0.15, 0.2) is 5.76 Å². The normalized spacial score (nSPS) is 18.5. The highest BCUT2D eigenvalue weighted by atomic mass is 35.5. The number of rotatable bonds is 2. The molecule has 0 aliphatic carbocycles. The van der Waals surface area contributed by atoms with E-state index in [4.69, 9.17) is 27.9 Å². The Labute approximate surface area is 159 Å². The first-order valence-corrected chi connectivity index (χ1v) is 8.70. The van der Waals surface area contributed by atoms with Gasteiger partial charge in [0.1, 0.15) is 5.92 Å². The number of benzene rings is 3. The van der Waals surface area contributed by atoms with Gasteiger partial charge < -0.3 is 4.74 Å². The summed E-state index contributed by atoms with van der Waals surface area (Å²) in [6.07, 6.45) is 1.61. The van der Waals surface area contributed by atoms with Crippen molar-refractivity contribution in [3.8, 4) is 0 Å². The molecular formula is C21H12Cl2O3. The second kappa shape index (κ2) is 6.60. The molecule has 1 fully saturated rings. The molecule has 26 heavy (non-hydrogen) atoms. The Balaban J connectivity index is 1.76. The van der Waals surface area contributed by atoms with Crippen molar-refractivity contribution in [2.75, 3.05) is 0 Å². The number of cyclic esters (lactones) is 1. The van der Waals surface area contributed by atoms with E-state index in [1.54, 1.807) is 24.3 Å². The minimum absolute atomic E-state index is 0.0208. The van der Waals surface area contributed by atoms with Crippen LogP contribution in [0.3, 0.4) is 0 Å². The summed E-state index contributed by atoms with van der Waals surface area (Å²) in [5.41, 5.74) is 1.24. The van der Waals surface area contributed by atoms with Crippen LogP contribution in [0.15, 0.2) is 66.4 Å². The first-order valence-electron chi connectivity index (χ1n) is 7.94. The van der Waals surface area contributed by atoms with Gasteiger partial charge in [0.2, 0.25) is 5.78 Å². The van der Waals surface area contributed by atoms with Crippen molar-refractivity contribution >= 4 is 51.8 Å². The number of ketones is 1. The largest absolute Gasteiger partial charge is 0.422 e. The zero-order chi connectivity index (χ0) is 18.3. The van der Waals surface area contributed by atoms with Gasteiger partial charge >= 0.3 is 5.97 Å². The van der Waals surface area contributed by atoms with Crippen LogP contribution < -0.4 is 0 Å². The monoisotopic (exact) mass is 382 g/mol. The quantitative estimate of drug-likeness (QED) is 0.338. The van der Waals surface area contributed by atoms with E-state index in [-0.39, 0.29) is 5.76 Å². The minimum atomic E-state index is -1.05. The van der Waals surface area contributed by atoms with Gasteiger partial charge in [0, 0.05) is 10.0 Å². The van der Waals surface area contributed by atoms with Crippen LogP contribution in [0, 0.1) is 0 Å². The average Bonchev–Trinajstić information content (AvgIpc) is 2.88. The molecule has 5 heteroatoms. The summed E-state index contributed by atoms with van der Waals surface area (Å²) >= 11 is 12.0. The van der Waals surface area contributed by atoms with E-state index in [1.807, 2.05) is 42.5 Å². The standard InChI is InChI=1S/C21H12Cl2O3/c22-15-8-14(9-16(23)11-15)19-20(24)18(26-21(19)25)10-13-6-3-5-12-4-1-2-7-17(12)13/h1-11,19H/b18-10-. The maximum atomic E-state index is 12.8. The number of esters is 1. The fraction of sp³-hybridized carbons (Fsp3) is 0.0476. The third-order valence-corrected chi connectivity index (χ3v) is 4.72. The summed E-state index contributed by atoms with van der Waals surface area (Å²) in [6.45, 7) is 0. The van der Waals surface area contributed by atoms with Crippen LogP contribution in [-0.2, 0) is 14.3 Å². The molecule has 1 atom stereocenters. The first kappa shape index (κ1) is 16.8. The lowest BCUT2D eigenvalue weighted by Crippen LogP contribution is -2.12. The molecule has 0 bridgehead atoms. The molecule has 3 aromatic carbocycles. The molecule has 4 rings (SSSR count). The third kappa shape index (κ3) is 3.00. The molecule has 3 nitrogen and oxygen atoms in total. The van der Waals surface area contributed by atoms with Gasteiger partial charge in [-0.3, -0.25) is 9.59 Å². The third-order valence-electron chi connectivity index (χ3n) is 4.28. The van der Waals surface area contributed by atoms with Gasteiger partial charge in [-0.05, 0) is 46.2 Å². The maximum Gasteiger partial charge on any atom is 0.327 e. The van der Waals surface area contributed by atoms with Crippen molar-refractivity contribution in [3.05, 3.63) is 87.6 Å². The van der Waals surface area contributed by atoms with Gasteiger partial charge in [-0.2, -0.15) is 0 Å². The highest BCUT2D eigenvalue weighted by molar-refractivity contribution is 6.35. The lowest BCUT2D eigenvalue weighted by atomic mass is 9.95. The zero-order valence-electron chi connectivity index (χ0n) is 13.4. The number of carbonyl (C=O) groups excluding carboxylic acids is 2. The van der Waals surface area contributed by atoms with Crippen molar-refractivity contribution in [1.82, 2.24) is 0 Å². The second-order valence-corrected chi connectivity index (χ2v) is 6.87. The smallest absolute Gasteiger partial charge is 0.327 e. The Morgan fingerprint density at radius 1 is 0.885 bits per heavy atom. The lowest BCUT2D eigenvalue weighted by Gasteiger charge is -2.05. The number of hydrogen-bond acceptors (Lipinski definition) is 3. The maximum absolute atomic E-state index is 12.8. The number of hydrogen-bond donors (Lipinski definition) is 0. The second-order valence-electron chi connectivity index (χ2n) is 6.00. The summed E-state index contributed by atoms with van der Waals surface area (Å²) in [5.74, 6) is -2.05. The predicted molar refractivity (Wildman–Crippen MR) is 102 cm³/mol. The van der Waals surface area contributed by atoms with Crippen molar-refractivity contribution < 1.29 is 14.3 Å². The van der Waals surface area contributed by atoms with Crippen LogP contribution in [0.5, 0.6) is 0 Å². The van der Waals surface area contributed by atoms with Gasteiger partial charge in [-0.25, -0.2) is 0 Å². The Morgan fingerprint density at radius 3 is 2.35 bits per heavy atom. The molecule has 1 saturated heterocycles. The van der Waals surface area contributed by atoms with Crippen LogP contribution >= 0.6 is 23.2 Å². The topological polar surface area (TPSA) is 43.4 Å². The van der Waals surface area contributed by atoms with Gasteiger partial charge in [-0.1, -0.05) is 65.7 Å². The molecule has 0 saturated carbocycles. The van der Waals surface area contributed by atoms with Crippen molar-refractivity contribution in [3.63, 3.8) is 0 Å². The van der Waals surface area contributed by atoms with Crippen LogP contribution in [0.1, 0.15) is 17.0 Å². The molecule has 0 spiro atoms. The Kier molecular flexibility index (Phi) is 4.27. The number of ether oxygens (including phenoxy) is 1. The van der Waals surface area contributed by atoms with Gasteiger partial charge in [-0.15, -0.1) is 0 Å². The minimum Gasteiger partial charge on any atom is -0.422 e. The van der Waals surface area contributed by atoms with E-state index in [0.717, 1.165) is 16.3 Å². The van der Waals surface area contributed by atoms with Crippen LogP contribution in [0.2, 0.25) is 10.0 Å². The van der Waals surface area contributed by atoms with Crippen LogP contribution in [0.4, 0.5) is 0 Å². The SMILES string of the molecule is O=C1O/C(=C\c2cccc3ccccc23)C(=O)C1c1cc(Cl)cc(Cl)c1. The van der Waals surface area contributed by atoms with Crippen molar-refractivity contribution in [2.24, 2.45) is 0 Å². The summed E-state index contributed by atoms with van der Waals surface area (Å²) in [5, 5.41) is 2.73. The molecule has 1 unspecified atom stereocenters. The fourth-order valence-electron chi connectivity index (χ4n) is 3.11. The Bertz CT molecular complexity index is 1060. The number of carbonyl (C=O) groups is 2. The lowest BCUT2D eigenvalue weighted by molar-refractivity contribution is -0.136. The number of halogens is 2. The van der Waals surface area contributed by atoms with Crippen molar-refractivity contribution in [1.29, 1.82) is 0 Å². The first-order chi connectivity index (χ1) is 12.5. The van der Waals surface area contributed by atoms with E-state index >= 15 is 0 Å². The van der Waals surface area contributed by atoms with E-state index in [2.05, 4.69) is 0 Å². The highest BCUT2D eigenvalue weighted by Gasteiger charge is 2.41. The van der Waals surface area contributed by atoms with Gasteiger partial charge in [0.25, 0.3) is 0 Å². The number of Topliss-reactive ketones (excluding diaryl/α,β-unsaturated/α-hetero) is 1. The molecule has 0 N–H and O–H groups in total. The molecule has 128 valence electrons. The zero-order valence-corrected chi connectivity index (χ0v) is 14.9. The van der Waals surface area contributed by atoms with Crippen LogP contribution in [0.25, 0.3) is 16.8 Å². The summed E-state index contributed by atoms with van der Waals surface area (Å²) in [7, 11) is 0. The molecule has 0 amide bonds.